The van der Waals surface area contributed by atoms with Gasteiger partial charge < -0.3 is 24.5 Å². The van der Waals surface area contributed by atoms with Gasteiger partial charge in [-0.1, -0.05) is 6.92 Å². The summed E-state index contributed by atoms with van der Waals surface area (Å²) in [5.74, 6) is -1.09. The Morgan fingerprint density at radius 3 is 2.77 bits per heavy atom. The van der Waals surface area contributed by atoms with Gasteiger partial charge in [0.25, 0.3) is 0 Å². The third kappa shape index (κ3) is 6.99. The molecule has 2 aromatic heterocycles. The third-order valence-corrected chi connectivity index (χ3v) is 7.81. The summed E-state index contributed by atoms with van der Waals surface area (Å²) in [7, 11) is -4.10. The Labute approximate surface area is 226 Å². The predicted octanol–water partition coefficient (Wildman–Crippen LogP) is 2.68. The molecule has 4 unspecified atom stereocenters. The first-order chi connectivity index (χ1) is 18.6. The van der Waals surface area contributed by atoms with E-state index in [1.165, 1.54) is 17.8 Å². The molecule has 3 heterocycles. The second-order valence-electron chi connectivity index (χ2n) is 8.74. The summed E-state index contributed by atoms with van der Waals surface area (Å²) in [6, 6.07) is 4.69. The van der Waals surface area contributed by atoms with E-state index in [4.69, 9.17) is 24.5 Å². The summed E-state index contributed by atoms with van der Waals surface area (Å²) in [4.78, 5) is 28.4. The molecular formula is C24H34N7O7P. The number of anilines is 1. The Balaban J connectivity index is 1.74. The lowest BCUT2D eigenvalue weighted by molar-refractivity contribution is -0.144. The number of rotatable bonds is 13. The summed E-state index contributed by atoms with van der Waals surface area (Å²) in [6.07, 6.45) is 2.21. The fourth-order valence-corrected chi connectivity index (χ4v) is 5.83. The molecule has 1 fully saturated rings. The van der Waals surface area contributed by atoms with E-state index in [9.17, 15) is 19.4 Å². The number of fused-ring (bicyclic) bond motifs is 1. The van der Waals surface area contributed by atoms with Crippen molar-refractivity contribution in [2.45, 2.75) is 71.1 Å². The number of ether oxygens (including phenoxy) is 3. The molecule has 0 bridgehead atoms. The van der Waals surface area contributed by atoms with Crippen LogP contribution in [0.3, 0.4) is 0 Å². The SMILES string of the molecule is CCOC(=O)C(CC)=NP(=O)(NC(C)C(=O)OCC)OCCC1CCC(C#N)(c2ccc3c(N)ncnn23)O1. The minimum absolute atomic E-state index is 0.0919. The Bertz CT molecular complexity index is 1310. The number of nitrogens with two attached hydrogens (primary N) is 1. The lowest BCUT2D eigenvalue weighted by Crippen LogP contribution is -2.34. The van der Waals surface area contributed by atoms with Crippen LogP contribution in [0.2, 0.25) is 0 Å². The van der Waals surface area contributed by atoms with Gasteiger partial charge in [-0.05, 0) is 58.6 Å². The largest absolute Gasteiger partial charge is 0.465 e. The maximum atomic E-state index is 13.7. The van der Waals surface area contributed by atoms with Crippen LogP contribution in [-0.2, 0) is 38.5 Å². The first-order valence-electron chi connectivity index (χ1n) is 12.7. The van der Waals surface area contributed by atoms with E-state index in [2.05, 4.69) is 26.0 Å². The minimum Gasteiger partial charge on any atom is -0.465 e. The lowest BCUT2D eigenvalue weighted by Gasteiger charge is -2.23. The number of hydrogen-bond acceptors (Lipinski definition) is 11. The Morgan fingerprint density at radius 2 is 2.10 bits per heavy atom. The fraction of sp³-hybridized carbons (Fsp3) is 0.583. The molecule has 0 saturated carbocycles. The number of nitriles is 1. The van der Waals surface area contributed by atoms with Gasteiger partial charge >= 0.3 is 19.6 Å². The van der Waals surface area contributed by atoms with Gasteiger partial charge in [-0.25, -0.2) is 23.9 Å². The van der Waals surface area contributed by atoms with Crippen molar-refractivity contribution in [1.82, 2.24) is 19.7 Å². The highest BCUT2D eigenvalue weighted by Gasteiger charge is 2.44. The molecule has 0 aromatic carbocycles. The summed E-state index contributed by atoms with van der Waals surface area (Å²) >= 11 is 0. The molecule has 15 heteroatoms. The van der Waals surface area contributed by atoms with E-state index in [0.29, 0.717) is 24.1 Å². The first kappa shape index (κ1) is 30.2. The second kappa shape index (κ2) is 13.1. The van der Waals surface area contributed by atoms with Gasteiger partial charge in [-0.3, -0.25) is 4.79 Å². The molecule has 3 rings (SSSR count). The Kier molecular flexibility index (Phi) is 10.2. The molecule has 2 aromatic rings. The highest BCUT2D eigenvalue weighted by atomic mass is 31.2. The van der Waals surface area contributed by atoms with Crippen LogP contribution in [-0.4, -0.2) is 64.2 Å². The average Bonchev–Trinajstić information content (AvgIpc) is 3.53. The fourth-order valence-electron chi connectivity index (χ4n) is 4.15. The molecule has 4 atom stereocenters. The summed E-state index contributed by atoms with van der Waals surface area (Å²) in [5, 5.41) is 16.8. The Hall–Kier alpha value is -3.37. The number of esters is 2. The summed E-state index contributed by atoms with van der Waals surface area (Å²) in [6.45, 7) is 6.56. The number of carbonyl (C=O) groups is 2. The van der Waals surface area contributed by atoms with Crippen molar-refractivity contribution in [3.8, 4) is 6.07 Å². The number of carbonyl (C=O) groups excluding carboxylic acids is 2. The van der Waals surface area contributed by atoms with E-state index in [0.717, 1.165) is 0 Å². The molecule has 3 N–H and O–H groups in total. The maximum Gasteiger partial charge on any atom is 0.388 e. The van der Waals surface area contributed by atoms with E-state index < -0.39 is 37.4 Å². The Morgan fingerprint density at radius 1 is 1.36 bits per heavy atom. The van der Waals surface area contributed by atoms with Gasteiger partial charge in [-0.2, -0.15) is 15.1 Å². The van der Waals surface area contributed by atoms with Crippen LogP contribution in [0.4, 0.5) is 5.82 Å². The maximum absolute atomic E-state index is 13.7. The monoisotopic (exact) mass is 563 g/mol. The standard InChI is InChI=1S/C24H34N7O7P/c1-5-18(23(33)36-7-3)30-39(34,29-16(4)22(32)35-6-2)37-13-11-17-10-12-24(14-25,38-17)20-9-8-19-21(26)27-15-28-31(19)20/h8-9,15-17H,5-7,10-13H2,1-4H3,(H,29,34)(H2,26,27,28). The average molecular weight is 564 g/mol. The number of nitrogen functional groups attached to an aromatic ring is 1. The molecular weight excluding hydrogens is 529 g/mol. The van der Waals surface area contributed by atoms with Gasteiger partial charge in [0.15, 0.2) is 11.4 Å². The molecule has 1 saturated heterocycles. The van der Waals surface area contributed by atoms with Crippen molar-refractivity contribution in [3.63, 3.8) is 0 Å². The van der Waals surface area contributed by atoms with E-state index in [1.54, 1.807) is 32.9 Å². The number of aromatic nitrogens is 3. The van der Waals surface area contributed by atoms with Gasteiger partial charge in [0, 0.05) is 0 Å². The van der Waals surface area contributed by atoms with Crippen LogP contribution in [0, 0.1) is 11.3 Å². The van der Waals surface area contributed by atoms with Gasteiger partial charge in [0.1, 0.15) is 29.7 Å². The van der Waals surface area contributed by atoms with Crippen LogP contribution in [0.1, 0.15) is 59.1 Å². The molecule has 39 heavy (non-hydrogen) atoms. The number of hydrogen-bond donors (Lipinski definition) is 2. The molecule has 1 aliphatic rings. The molecule has 1 aliphatic heterocycles. The number of nitrogens with one attached hydrogen (secondary N) is 1. The molecule has 0 aliphatic carbocycles. The van der Waals surface area contributed by atoms with Gasteiger partial charge in [-0.15, -0.1) is 0 Å². The van der Waals surface area contributed by atoms with E-state index in [-0.39, 0.29) is 44.2 Å². The highest BCUT2D eigenvalue weighted by molar-refractivity contribution is 7.55. The first-order valence-corrected chi connectivity index (χ1v) is 14.3. The van der Waals surface area contributed by atoms with E-state index >= 15 is 0 Å². The predicted molar refractivity (Wildman–Crippen MR) is 141 cm³/mol. The van der Waals surface area contributed by atoms with Gasteiger partial charge in [0.2, 0.25) is 0 Å². The van der Waals surface area contributed by atoms with Crippen molar-refractivity contribution in [2.24, 2.45) is 4.76 Å². The summed E-state index contributed by atoms with van der Waals surface area (Å²) in [5.41, 5.74) is 5.65. The number of nitrogens with zero attached hydrogens (tertiary/aromatic N) is 5. The van der Waals surface area contributed by atoms with Crippen LogP contribution in [0.5, 0.6) is 0 Å². The second-order valence-corrected chi connectivity index (χ2v) is 10.5. The molecule has 0 amide bonds. The quantitative estimate of drug-likeness (QED) is 0.206. The van der Waals surface area contributed by atoms with Crippen molar-refractivity contribution in [2.75, 3.05) is 25.6 Å². The van der Waals surface area contributed by atoms with E-state index in [1.807, 2.05) is 0 Å². The zero-order chi connectivity index (χ0) is 28.6. The van der Waals surface area contributed by atoms with Crippen molar-refractivity contribution >= 4 is 36.7 Å². The van der Waals surface area contributed by atoms with Crippen molar-refractivity contribution < 1.29 is 32.9 Å². The zero-order valence-electron chi connectivity index (χ0n) is 22.5. The zero-order valence-corrected chi connectivity index (χ0v) is 23.3. The van der Waals surface area contributed by atoms with Crippen LogP contribution in [0.15, 0.2) is 23.2 Å². The van der Waals surface area contributed by atoms with Crippen LogP contribution in [0.25, 0.3) is 5.52 Å². The molecule has 14 nitrogen and oxygen atoms in total. The summed E-state index contributed by atoms with van der Waals surface area (Å²) < 4.78 is 41.1. The molecule has 0 radical (unpaired) electrons. The van der Waals surface area contributed by atoms with Crippen LogP contribution < -0.4 is 10.8 Å². The van der Waals surface area contributed by atoms with Crippen LogP contribution >= 0.6 is 7.67 Å². The van der Waals surface area contributed by atoms with Crippen molar-refractivity contribution in [1.29, 1.82) is 5.26 Å². The highest BCUT2D eigenvalue weighted by Crippen LogP contribution is 2.46. The smallest absolute Gasteiger partial charge is 0.388 e. The normalized spacial score (nSPS) is 21.7. The lowest BCUT2D eigenvalue weighted by atomic mass is 9.97. The third-order valence-electron chi connectivity index (χ3n) is 6.06. The molecule has 212 valence electrons. The molecule has 0 spiro atoms. The van der Waals surface area contributed by atoms with Gasteiger partial charge in [0.05, 0.1) is 31.6 Å². The topological polar surface area (TPSA) is 193 Å². The van der Waals surface area contributed by atoms with Crippen molar-refractivity contribution in [3.05, 3.63) is 24.2 Å². The minimum atomic E-state index is -4.10.